The standard InChI is InChI=1S/C19H27FN2O2S/c1-3-21(4-2)19(24)15-9-12-22(13-10-15)18(23)11-14-25-17-7-5-16(20)6-8-17/h5-8,15H,3-4,9-14H2,1-2H3. The van der Waals surface area contributed by atoms with Crippen molar-refractivity contribution in [1.29, 1.82) is 0 Å². The number of rotatable bonds is 7. The van der Waals surface area contributed by atoms with Gasteiger partial charge in [-0.25, -0.2) is 4.39 Å². The van der Waals surface area contributed by atoms with Crippen molar-refractivity contribution >= 4 is 23.6 Å². The molecule has 1 heterocycles. The molecule has 2 rings (SSSR count). The molecule has 1 aliphatic rings. The van der Waals surface area contributed by atoms with Crippen molar-refractivity contribution in [2.24, 2.45) is 5.92 Å². The maximum absolute atomic E-state index is 12.9. The Balaban J connectivity index is 1.72. The maximum Gasteiger partial charge on any atom is 0.225 e. The largest absolute Gasteiger partial charge is 0.343 e. The minimum absolute atomic E-state index is 0.0533. The quantitative estimate of drug-likeness (QED) is 0.695. The number of hydrogen-bond acceptors (Lipinski definition) is 3. The first kappa shape index (κ1) is 19.8. The molecule has 0 radical (unpaired) electrons. The van der Waals surface area contributed by atoms with E-state index in [-0.39, 0.29) is 23.5 Å². The fourth-order valence-corrected chi connectivity index (χ4v) is 3.96. The van der Waals surface area contributed by atoms with Crippen LogP contribution in [0.5, 0.6) is 0 Å². The van der Waals surface area contributed by atoms with Crippen molar-refractivity contribution < 1.29 is 14.0 Å². The lowest BCUT2D eigenvalue weighted by Crippen LogP contribution is -2.44. The van der Waals surface area contributed by atoms with Gasteiger partial charge in [0.2, 0.25) is 11.8 Å². The Morgan fingerprint density at radius 2 is 1.76 bits per heavy atom. The lowest BCUT2D eigenvalue weighted by atomic mass is 9.95. The smallest absolute Gasteiger partial charge is 0.225 e. The molecule has 0 aromatic heterocycles. The number of halogens is 1. The number of benzene rings is 1. The van der Waals surface area contributed by atoms with Gasteiger partial charge in [0.05, 0.1) is 0 Å². The van der Waals surface area contributed by atoms with Crippen molar-refractivity contribution in [3.8, 4) is 0 Å². The van der Waals surface area contributed by atoms with Crippen LogP contribution in [0.15, 0.2) is 29.2 Å². The zero-order chi connectivity index (χ0) is 18.2. The van der Waals surface area contributed by atoms with Gasteiger partial charge in [-0.05, 0) is 51.0 Å². The van der Waals surface area contributed by atoms with E-state index in [2.05, 4.69) is 0 Å². The highest BCUT2D eigenvalue weighted by Gasteiger charge is 2.29. The van der Waals surface area contributed by atoms with Crippen LogP contribution in [0.2, 0.25) is 0 Å². The highest BCUT2D eigenvalue weighted by atomic mass is 32.2. The summed E-state index contributed by atoms with van der Waals surface area (Å²) in [5, 5.41) is 0. The van der Waals surface area contributed by atoms with Gasteiger partial charge in [0.15, 0.2) is 0 Å². The summed E-state index contributed by atoms with van der Waals surface area (Å²) in [6.07, 6.45) is 1.98. The summed E-state index contributed by atoms with van der Waals surface area (Å²) < 4.78 is 12.9. The maximum atomic E-state index is 12.9. The lowest BCUT2D eigenvalue weighted by Gasteiger charge is -2.33. The van der Waals surface area contributed by atoms with E-state index in [9.17, 15) is 14.0 Å². The summed E-state index contributed by atoms with van der Waals surface area (Å²) in [6.45, 7) is 6.82. The zero-order valence-electron chi connectivity index (χ0n) is 15.0. The van der Waals surface area contributed by atoms with Gasteiger partial charge in [0.25, 0.3) is 0 Å². The van der Waals surface area contributed by atoms with E-state index in [1.165, 1.54) is 12.1 Å². The lowest BCUT2D eigenvalue weighted by molar-refractivity contribution is -0.140. The minimum atomic E-state index is -0.248. The van der Waals surface area contributed by atoms with Crippen LogP contribution in [-0.2, 0) is 9.59 Å². The molecule has 0 unspecified atom stereocenters. The molecule has 0 bridgehead atoms. The summed E-state index contributed by atoms with van der Waals surface area (Å²) >= 11 is 1.56. The molecule has 1 aromatic rings. The average molecular weight is 367 g/mol. The van der Waals surface area contributed by atoms with E-state index in [1.807, 2.05) is 23.6 Å². The first-order valence-corrected chi connectivity index (χ1v) is 9.98. The predicted molar refractivity (Wildman–Crippen MR) is 99.0 cm³/mol. The topological polar surface area (TPSA) is 40.6 Å². The second-order valence-corrected chi connectivity index (χ2v) is 7.39. The number of amides is 2. The number of piperidine rings is 1. The van der Waals surface area contributed by atoms with E-state index >= 15 is 0 Å². The Morgan fingerprint density at radius 3 is 2.32 bits per heavy atom. The molecule has 1 aliphatic heterocycles. The van der Waals surface area contributed by atoms with Crippen LogP contribution in [0.25, 0.3) is 0 Å². The van der Waals surface area contributed by atoms with Crippen LogP contribution >= 0.6 is 11.8 Å². The van der Waals surface area contributed by atoms with Crippen molar-refractivity contribution in [2.75, 3.05) is 31.9 Å². The number of thioether (sulfide) groups is 1. The van der Waals surface area contributed by atoms with E-state index in [0.717, 1.165) is 30.8 Å². The fraction of sp³-hybridized carbons (Fsp3) is 0.579. The normalized spacial score (nSPS) is 15.2. The van der Waals surface area contributed by atoms with E-state index in [4.69, 9.17) is 0 Å². The molecule has 1 fully saturated rings. The average Bonchev–Trinajstić information content (AvgIpc) is 2.64. The fourth-order valence-electron chi connectivity index (χ4n) is 3.11. The van der Waals surface area contributed by atoms with E-state index in [1.54, 1.807) is 23.9 Å². The van der Waals surface area contributed by atoms with Gasteiger partial charge in [-0.1, -0.05) is 0 Å². The van der Waals surface area contributed by atoms with E-state index < -0.39 is 0 Å². The van der Waals surface area contributed by atoms with Crippen LogP contribution in [-0.4, -0.2) is 53.5 Å². The first-order valence-electron chi connectivity index (χ1n) is 9.00. The van der Waals surface area contributed by atoms with Crippen LogP contribution in [0.3, 0.4) is 0 Å². The summed E-state index contributed by atoms with van der Waals surface area (Å²) in [5.74, 6) is 0.857. The van der Waals surface area contributed by atoms with Crippen molar-refractivity contribution in [2.45, 2.75) is 38.0 Å². The summed E-state index contributed by atoms with van der Waals surface area (Å²) in [4.78, 5) is 29.4. The number of likely N-dealkylation sites (tertiary alicyclic amines) is 1. The van der Waals surface area contributed by atoms with Gasteiger partial charge in [0, 0.05) is 49.2 Å². The molecule has 2 amide bonds. The molecular formula is C19H27FN2O2S. The monoisotopic (exact) mass is 366 g/mol. The number of carbonyl (C=O) groups excluding carboxylic acids is 2. The van der Waals surface area contributed by atoms with Gasteiger partial charge in [-0.15, -0.1) is 11.8 Å². The Kier molecular flexibility index (Phi) is 7.75. The third-order valence-electron chi connectivity index (χ3n) is 4.67. The minimum Gasteiger partial charge on any atom is -0.343 e. The zero-order valence-corrected chi connectivity index (χ0v) is 15.9. The Hall–Kier alpha value is -1.56. The van der Waals surface area contributed by atoms with Crippen molar-refractivity contribution in [1.82, 2.24) is 9.80 Å². The van der Waals surface area contributed by atoms with E-state index in [0.29, 0.717) is 25.3 Å². The van der Waals surface area contributed by atoms with Crippen molar-refractivity contribution in [3.63, 3.8) is 0 Å². The molecule has 0 spiro atoms. The second-order valence-electron chi connectivity index (χ2n) is 6.22. The van der Waals surface area contributed by atoms with Gasteiger partial charge in [0.1, 0.15) is 5.82 Å². The number of nitrogens with zero attached hydrogens (tertiary/aromatic N) is 2. The van der Waals surface area contributed by atoms with Gasteiger partial charge >= 0.3 is 0 Å². The molecule has 138 valence electrons. The summed E-state index contributed by atoms with van der Waals surface area (Å²) in [7, 11) is 0. The number of carbonyl (C=O) groups is 2. The Morgan fingerprint density at radius 1 is 1.16 bits per heavy atom. The molecule has 6 heteroatoms. The molecule has 1 aromatic carbocycles. The van der Waals surface area contributed by atoms with Crippen LogP contribution in [0, 0.1) is 11.7 Å². The molecular weight excluding hydrogens is 339 g/mol. The first-order chi connectivity index (χ1) is 12.0. The third-order valence-corrected chi connectivity index (χ3v) is 5.68. The Bertz CT molecular complexity index is 567. The summed E-state index contributed by atoms with van der Waals surface area (Å²) in [5.41, 5.74) is 0. The number of hydrogen-bond donors (Lipinski definition) is 0. The van der Waals surface area contributed by atoms with Gasteiger partial charge in [-0.2, -0.15) is 0 Å². The molecule has 0 aliphatic carbocycles. The second kappa shape index (κ2) is 9.80. The molecule has 0 atom stereocenters. The molecule has 4 nitrogen and oxygen atoms in total. The van der Waals surface area contributed by atoms with Crippen LogP contribution < -0.4 is 0 Å². The molecule has 0 saturated carbocycles. The molecule has 1 saturated heterocycles. The van der Waals surface area contributed by atoms with Crippen LogP contribution in [0.4, 0.5) is 4.39 Å². The highest BCUT2D eigenvalue weighted by molar-refractivity contribution is 7.99. The Labute approximate surface area is 153 Å². The molecule has 0 N–H and O–H groups in total. The van der Waals surface area contributed by atoms with Crippen molar-refractivity contribution in [3.05, 3.63) is 30.1 Å². The van der Waals surface area contributed by atoms with Gasteiger partial charge in [-0.3, -0.25) is 9.59 Å². The summed E-state index contributed by atoms with van der Waals surface area (Å²) in [6, 6.07) is 6.33. The molecule has 25 heavy (non-hydrogen) atoms. The third kappa shape index (κ3) is 5.73. The van der Waals surface area contributed by atoms with Crippen LogP contribution in [0.1, 0.15) is 33.1 Å². The van der Waals surface area contributed by atoms with Gasteiger partial charge < -0.3 is 9.80 Å². The highest BCUT2D eigenvalue weighted by Crippen LogP contribution is 2.22. The predicted octanol–water partition coefficient (Wildman–Crippen LogP) is 3.41. The SMILES string of the molecule is CCN(CC)C(=O)C1CCN(C(=O)CCSc2ccc(F)cc2)CC1.